The van der Waals surface area contributed by atoms with Crippen molar-refractivity contribution < 1.29 is 14.6 Å². The van der Waals surface area contributed by atoms with Crippen LogP contribution < -0.4 is 4.74 Å². The molecule has 0 bridgehead atoms. The molecule has 5 heteroatoms. The minimum atomic E-state index is -1.03. The van der Waals surface area contributed by atoms with Gasteiger partial charge < -0.3 is 9.84 Å². The number of nitrogens with zero attached hydrogens (tertiary/aromatic N) is 2. The minimum absolute atomic E-state index is 0.113. The van der Waals surface area contributed by atoms with E-state index in [1.807, 2.05) is 0 Å². The van der Waals surface area contributed by atoms with Crippen molar-refractivity contribution >= 4 is 5.97 Å². The second-order valence-corrected chi connectivity index (χ2v) is 2.20. The zero-order valence-corrected chi connectivity index (χ0v) is 6.74. The minimum Gasteiger partial charge on any atom is -0.480 e. The average Bonchev–Trinajstić information content (AvgIpc) is 2.04. The molecule has 0 unspecified atom stereocenters. The van der Waals surface area contributed by atoms with E-state index in [4.69, 9.17) is 9.84 Å². The first-order chi connectivity index (χ1) is 5.66. The molecule has 0 fully saturated rings. The summed E-state index contributed by atoms with van der Waals surface area (Å²) in [5, 5.41) is 15.7. The molecule has 5 nitrogen and oxygen atoms in total. The van der Waals surface area contributed by atoms with Crippen molar-refractivity contribution in [1.29, 1.82) is 0 Å². The summed E-state index contributed by atoms with van der Waals surface area (Å²) in [6.07, 6.45) is 1.19. The van der Waals surface area contributed by atoms with E-state index in [2.05, 4.69) is 10.2 Å². The van der Waals surface area contributed by atoms with Crippen LogP contribution in [-0.4, -0.2) is 28.4 Å². The number of hydrogen-bond acceptors (Lipinski definition) is 4. The molecule has 0 aromatic carbocycles. The van der Waals surface area contributed by atoms with Crippen LogP contribution in [0.25, 0.3) is 0 Å². The Bertz CT molecular complexity index is 312. The van der Waals surface area contributed by atoms with Crippen molar-refractivity contribution in [3.63, 3.8) is 0 Å². The lowest BCUT2D eigenvalue weighted by atomic mass is 10.2. The van der Waals surface area contributed by atoms with Gasteiger partial charge in [0.25, 0.3) is 0 Å². The third-order valence-electron chi connectivity index (χ3n) is 1.48. The first-order valence-electron chi connectivity index (χ1n) is 3.26. The Morgan fingerprint density at radius 2 is 2.33 bits per heavy atom. The van der Waals surface area contributed by atoms with E-state index < -0.39 is 5.97 Å². The molecule has 0 spiro atoms. The molecular formula is C7H8N2O3. The van der Waals surface area contributed by atoms with E-state index in [1.165, 1.54) is 13.3 Å². The molecule has 64 valence electrons. The number of rotatable bonds is 2. The van der Waals surface area contributed by atoms with Crippen LogP contribution in [0.5, 0.6) is 5.88 Å². The first-order valence-corrected chi connectivity index (χ1v) is 3.26. The molecule has 1 heterocycles. The zero-order valence-electron chi connectivity index (χ0n) is 6.74. The number of carboxylic acids is 1. The smallest absolute Gasteiger partial charge is 0.337 e. The van der Waals surface area contributed by atoms with E-state index >= 15 is 0 Å². The molecule has 0 aliphatic carbocycles. The van der Waals surface area contributed by atoms with Gasteiger partial charge in [-0.3, -0.25) is 0 Å². The highest BCUT2D eigenvalue weighted by Crippen LogP contribution is 2.15. The average molecular weight is 168 g/mol. The van der Waals surface area contributed by atoms with Gasteiger partial charge in [0.1, 0.15) is 0 Å². The van der Waals surface area contributed by atoms with Crippen LogP contribution in [0.4, 0.5) is 0 Å². The lowest BCUT2D eigenvalue weighted by molar-refractivity contribution is 0.0694. The van der Waals surface area contributed by atoms with Gasteiger partial charge in [0.2, 0.25) is 5.88 Å². The van der Waals surface area contributed by atoms with E-state index in [0.717, 1.165) is 0 Å². The molecule has 1 N–H and O–H groups in total. The highest BCUT2D eigenvalue weighted by atomic mass is 16.5. The monoisotopic (exact) mass is 168 g/mol. The Balaban J connectivity index is 3.23. The number of carboxylic acid groups (broad SMARTS) is 1. The molecule has 12 heavy (non-hydrogen) atoms. The van der Waals surface area contributed by atoms with Crippen LogP contribution >= 0.6 is 0 Å². The Hall–Kier alpha value is -1.65. The van der Waals surface area contributed by atoms with Gasteiger partial charge in [-0.25, -0.2) is 4.79 Å². The lowest BCUT2D eigenvalue weighted by Crippen LogP contribution is -2.04. The molecule has 0 amide bonds. The van der Waals surface area contributed by atoms with Crippen molar-refractivity contribution in [1.82, 2.24) is 10.2 Å². The number of methoxy groups -OCH3 is 1. The number of aromatic carboxylic acids is 1. The van der Waals surface area contributed by atoms with Crippen LogP contribution in [0.3, 0.4) is 0 Å². The van der Waals surface area contributed by atoms with Crippen molar-refractivity contribution in [2.75, 3.05) is 7.11 Å². The first kappa shape index (κ1) is 8.45. The summed E-state index contributed by atoms with van der Waals surface area (Å²) in [5.74, 6) is -0.782. The van der Waals surface area contributed by atoms with Crippen LogP contribution in [0.15, 0.2) is 6.20 Å². The van der Waals surface area contributed by atoms with Crippen molar-refractivity contribution in [2.45, 2.75) is 6.92 Å². The van der Waals surface area contributed by atoms with E-state index in [0.29, 0.717) is 5.56 Å². The number of carbonyl (C=O) groups is 1. The van der Waals surface area contributed by atoms with Gasteiger partial charge in [0, 0.05) is 5.56 Å². The van der Waals surface area contributed by atoms with Crippen molar-refractivity contribution in [3.05, 3.63) is 17.3 Å². The summed E-state index contributed by atoms with van der Waals surface area (Å²) in [6.45, 7) is 1.62. The van der Waals surface area contributed by atoms with Gasteiger partial charge in [0.15, 0.2) is 0 Å². The molecular weight excluding hydrogens is 160 g/mol. The number of aromatic nitrogens is 2. The van der Waals surface area contributed by atoms with Gasteiger partial charge in [0.05, 0.1) is 18.9 Å². The maximum absolute atomic E-state index is 10.6. The van der Waals surface area contributed by atoms with Crippen LogP contribution in [0, 0.1) is 6.92 Å². The molecule has 0 saturated heterocycles. The second-order valence-electron chi connectivity index (χ2n) is 2.20. The van der Waals surface area contributed by atoms with Gasteiger partial charge in [-0.1, -0.05) is 0 Å². The van der Waals surface area contributed by atoms with Crippen LogP contribution in [-0.2, 0) is 0 Å². The third-order valence-corrected chi connectivity index (χ3v) is 1.48. The fourth-order valence-corrected chi connectivity index (χ4v) is 0.836. The summed E-state index contributed by atoms with van der Waals surface area (Å²) in [4.78, 5) is 10.6. The number of hydrogen-bond donors (Lipinski definition) is 1. The van der Waals surface area contributed by atoms with Crippen molar-refractivity contribution in [2.24, 2.45) is 0 Å². The van der Waals surface area contributed by atoms with E-state index in [9.17, 15) is 4.79 Å². The quantitative estimate of drug-likeness (QED) is 0.695. The predicted molar refractivity (Wildman–Crippen MR) is 40.3 cm³/mol. The molecule has 0 atom stereocenters. The summed E-state index contributed by atoms with van der Waals surface area (Å²) >= 11 is 0. The normalized spacial score (nSPS) is 9.50. The molecule has 1 aromatic heterocycles. The maximum atomic E-state index is 10.6. The van der Waals surface area contributed by atoms with E-state index in [1.54, 1.807) is 6.92 Å². The highest BCUT2D eigenvalue weighted by Gasteiger charge is 2.11. The third kappa shape index (κ3) is 1.34. The largest absolute Gasteiger partial charge is 0.480 e. The second kappa shape index (κ2) is 3.17. The fraction of sp³-hybridized carbons (Fsp3) is 0.286. The van der Waals surface area contributed by atoms with Gasteiger partial charge >= 0.3 is 5.97 Å². The Labute approximate surface area is 69.0 Å². The molecule has 0 saturated carbocycles. The predicted octanol–water partition coefficient (Wildman–Crippen LogP) is 0.492. The van der Waals surface area contributed by atoms with Gasteiger partial charge in [-0.05, 0) is 6.92 Å². The Morgan fingerprint density at radius 3 is 2.83 bits per heavy atom. The SMILES string of the molecule is COc1nncc(C(=O)O)c1C. The summed E-state index contributed by atoms with van der Waals surface area (Å²) in [5.41, 5.74) is 0.599. The lowest BCUT2D eigenvalue weighted by Gasteiger charge is -2.03. The summed E-state index contributed by atoms with van der Waals surface area (Å²) in [6, 6.07) is 0. The number of ether oxygens (including phenoxy) is 1. The molecule has 0 aliphatic heterocycles. The highest BCUT2D eigenvalue weighted by molar-refractivity contribution is 5.89. The Morgan fingerprint density at radius 1 is 1.67 bits per heavy atom. The molecule has 0 aliphatic rings. The van der Waals surface area contributed by atoms with E-state index in [-0.39, 0.29) is 11.4 Å². The topological polar surface area (TPSA) is 72.3 Å². The van der Waals surface area contributed by atoms with Gasteiger partial charge in [-0.2, -0.15) is 5.10 Å². The Kier molecular flexibility index (Phi) is 2.23. The summed E-state index contributed by atoms with van der Waals surface area (Å²) < 4.78 is 4.80. The molecule has 1 rings (SSSR count). The zero-order chi connectivity index (χ0) is 9.14. The summed E-state index contributed by atoms with van der Waals surface area (Å²) in [7, 11) is 1.42. The molecule has 0 radical (unpaired) electrons. The van der Waals surface area contributed by atoms with Gasteiger partial charge in [-0.15, -0.1) is 5.10 Å². The fourth-order valence-electron chi connectivity index (χ4n) is 0.836. The van der Waals surface area contributed by atoms with Crippen LogP contribution in [0.1, 0.15) is 15.9 Å². The standard InChI is InChI=1S/C7H8N2O3/c1-4-5(7(10)11)3-8-9-6(4)12-2/h3H,1-2H3,(H,10,11). The van der Waals surface area contributed by atoms with Crippen LogP contribution in [0.2, 0.25) is 0 Å². The molecule has 1 aromatic rings. The maximum Gasteiger partial charge on any atom is 0.337 e. The van der Waals surface area contributed by atoms with Crippen molar-refractivity contribution in [3.8, 4) is 5.88 Å².